The first-order valence-electron chi connectivity index (χ1n) is 10.5. The summed E-state index contributed by atoms with van der Waals surface area (Å²) in [5, 5.41) is 0. The Morgan fingerprint density at radius 2 is 1.56 bits per heavy atom. The van der Waals surface area contributed by atoms with E-state index in [9.17, 15) is 9.59 Å². The summed E-state index contributed by atoms with van der Waals surface area (Å²) in [6.45, 7) is 0.118. The van der Waals surface area contributed by atoms with Crippen LogP contribution in [0.3, 0.4) is 0 Å². The molecule has 3 aromatic carbocycles. The lowest BCUT2D eigenvalue weighted by Gasteiger charge is -2.27. The molecule has 3 aromatic rings. The lowest BCUT2D eigenvalue weighted by atomic mass is 9.78. The lowest BCUT2D eigenvalue weighted by molar-refractivity contribution is -0.145. The number of ether oxygens (including phenoxy) is 2. The first kappa shape index (κ1) is 19.9. The van der Waals surface area contributed by atoms with Crippen LogP contribution in [0.25, 0.3) is 0 Å². The van der Waals surface area contributed by atoms with Crippen molar-refractivity contribution in [3.05, 3.63) is 119 Å². The van der Waals surface area contributed by atoms with Crippen LogP contribution in [0, 0.1) is 0 Å². The quantitative estimate of drug-likeness (QED) is 0.563. The van der Waals surface area contributed by atoms with E-state index in [1.165, 1.54) is 0 Å². The Bertz CT molecular complexity index is 1200. The molecule has 2 unspecified atom stereocenters. The number of allylic oxidation sites excluding steroid dienone is 1. The number of rotatable bonds is 5. The highest BCUT2D eigenvalue weighted by molar-refractivity contribution is 6.14. The fourth-order valence-corrected chi connectivity index (χ4v) is 4.34. The minimum absolute atomic E-state index is 0.118. The lowest BCUT2D eigenvalue weighted by Crippen LogP contribution is -2.42. The molecular formula is C27H21NO4. The van der Waals surface area contributed by atoms with Crippen LogP contribution >= 0.6 is 0 Å². The van der Waals surface area contributed by atoms with Crippen molar-refractivity contribution < 1.29 is 19.1 Å². The molecule has 0 amide bonds. The van der Waals surface area contributed by atoms with E-state index in [4.69, 9.17) is 14.5 Å². The number of aliphatic imine (C=N–C) groups is 1. The van der Waals surface area contributed by atoms with Gasteiger partial charge in [-0.05, 0) is 29.7 Å². The molecule has 1 aliphatic heterocycles. The molecule has 32 heavy (non-hydrogen) atoms. The number of hydrogen-bond donors (Lipinski definition) is 0. The van der Waals surface area contributed by atoms with Gasteiger partial charge in [-0.25, -0.2) is 14.6 Å². The number of carbonyl (C=O) groups excluding carboxylic acids is 2. The highest BCUT2D eigenvalue weighted by atomic mass is 16.6. The van der Waals surface area contributed by atoms with Crippen molar-refractivity contribution in [2.24, 2.45) is 4.99 Å². The fraction of sp³-hybridized carbons (Fsp3) is 0.148. The van der Waals surface area contributed by atoms with Gasteiger partial charge in [-0.15, -0.1) is 0 Å². The second-order valence-corrected chi connectivity index (χ2v) is 7.82. The Morgan fingerprint density at radius 1 is 0.938 bits per heavy atom. The first-order chi connectivity index (χ1) is 15.7. The third-order valence-electron chi connectivity index (χ3n) is 5.91. The second kappa shape index (κ2) is 8.27. The van der Waals surface area contributed by atoms with Gasteiger partial charge in [0.1, 0.15) is 6.61 Å². The van der Waals surface area contributed by atoms with Crippen LogP contribution in [0.4, 0.5) is 0 Å². The van der Waals surface area contributed by atoms with E-state index in [1.54, 1.807) is 6.08 Å². The molecule has 1 spiro atoms. The predicted molar refractivity (Wildman–Crippen MR) is 120 cm³/mol. The van der Waals surface area contributed by atoms with Crippen LogP contribution in [-0.4, -0.2) is 23.4 Å². The molecule has 5 nitrogen and oxygen atoms in total. The number of esters is 2. The molecule has 1 aliphatic carbocycles. The van der Waals surface area contributed by atoms with Crippen molar-refractivity contribution in [3.63, 3.8) is 0 Å². The van der Waals surface area contributed by atoms with Crippen molar-refractivity contribution in [2.75, 3.05) is 0 Å². The average Bonchev–Trinajstić information content (AvgIpc) is 3.40. The van der Waals surface area contributed by atoms with Gasteiger partial charge in [-0.2, -0.15) is 0 Å². The molecule has 1 heterocycles. The summed E-state index contributed by atoms with van der Waals surface area (Å²) in [6.07, 6.45) is 2.25. The first-order valence-corrected chi connectivity index (χ1v) is 10.5. The van der Waals surface area contributed by atoms with E-state index >= 15 is 0 Å². The predicted octanol–water partition coefficient (Wildman–Crippen LogP) is 4.59. The maximum atomic E-state index is 13.4. The van der Waals surface area contributed by atoms with Gasteiger partial charge in [-0.1, -0.05) is 84.9 Å². The largest absolute Gasteiger partial charge is 0.457 e. The molecule has 0 fully saturated rings. The molecule has 5 heteroatoms. The minimum Gasteiger partial charge on any atom is -0.457 e. The van der Waals surface area contributed by atoms with Crippen molar-refractivity contribution in [2.45, 2.75) is 24.5 Å². The van der Waals surface area contributed by atoms with Gasteiger partial charge >= 0.3 is 11.9 Å². The normalized spacial score (nSPS) is 21.8. The zero-order valence-electron chi connectivity index (χ0n) is 17.3. The molecule has 5 rings (SSSR count). The average molecular weight is 423 g/mol. The highest BCUT2D eigenvalue weighted by Crippen LogP contribution is 2.49. The standard InChI is InChI=1S/C27H21NO4/c29-25(31-18-19-10-4-1-5-11-19)23-17-16-22(20-12-6-2-7-13-20)27(23)26(30)32-24(28-27)21-14-8-3-9-15-21/h1-15,17,22H,16,18H2. The molecule has 2 atom stereocenters. The van der Waals surface area contributed by atoms with Crippen molar-refractivity contribution >= 4 is 17.8 Å². The van der Waals surface area contributed by atoms with Crippen LogP contribution < -0.4 is 0 Å². The van der Waals surface area contributed by atoms with Gasteiger partial charge < -0.3 is 9.47 Å². The van der Waals surface area contributed by atoms with Crippen LogP contribution in [0.5, 0.6) is 0 Å². The molecule has 2 aliphatic rings. The van der Waals surface area contributed by atoms with Gasteiger partial charge in [0.25, 0.3) is 0 Å². The third-order valence-corrected chi connectivity index (χ3v) is 5.91. The summed E-state index contributed by atoms with van der Waals surface area (Å²) in [4.78, 5) is 31.3. The zero-order chi connectivity index (χ0) is 22.0. The van der Waals surface area contributed by atoms with Crippen LogP contribution in [0.1, 0.15) is 29.0 Å². The van der Waals surface area contributed by atoms with E-state index in [-0.39, 0.29) is 24.0 Å². The molecule has 158 valence electrons. The third kappa shape index (κ3) is 3.42. The van der Waals surface area contributed by atoms with E-state index < -0.39 is 17.5 Å². The molecule has 0 saturated heterocycles. The molecular weight excluding hydrogens is 402 g/mol. The van der Waals surface area contributed by atoms with Crippen molar-refractivity contribution in [1.29, 1.82) is 0 Å². The van der Waals surface area contributed by atoms with E-state index in [2.05, 4.69) is 0 Å². The topological polar surface area (TPSA) is 65.0 Å². The fourth-order valence-electron chi connectivity index (χ4n) is 4.34. The maximum absolute atomic E-state index is 13.4. The Hall–Kier alpha value is -3.99. The zero-order valence-corrected chi connectivity index (χ0v) is 17.3. The smallest absolute Gasteiger partial charge is 0.346 e. The molecule has 0 bridgehead atoms. The number of benzene rings is 3. The monoisotopic (exact) mass is 423 g/mol. The number of hydrogen-bond acceptors (Lipinski definition) is 5. The van der Waals surface area contributed by atoms with E-state index in [0.29, 0.717) is 12.0 Å². The number of carbonyl (C=O) groups is 2. The number of cyclic esters (lactones) is 1. The van der Waals surface area contributed by atoms with Gasteiger partial charge in [0.05, 0.1) is 5.57 Å². The van der Waals surface area contributed by atoms with Crippen LogP contribution in [-0.2, 0) is 25.7 Å². The highest BCUT2D eigenvalue weighted by Gasteiger charge is 2.60. The van der Waals surface area contributed by atoms with E-state index in [1.807, 2.05) is 91.0 Å². The van der Waals surface area contributed by atoms with Crippen molar-refractivity contribution in [3.8, 4) is 0 Å². The summed E-state index contributed by atoms with van der Waals surface area (Å²) in [7, 11) is 0. The minimum atomic E-state index is -1.46. The SMILES string of the molecule is O=C(OCc1ccccc1)C1=CCC(c2ccccc2)C12N=C(c1ccccc1)OC2=O. The van der Waals surface area contributed by atoms with Crippen molar-refractivity contribution in [1.82, 2.24) is 0 Å². The number of nitrogens with zero attached hydrogens (tertiary/aromatic N) is 1. The van der Waals surface area contributed by atoms with Crippen LogP contribution in [0.15, 0.2) is 108 Å². The Kier molecular flexibility index (Phi) is 5.15. The summed E-state index contributed by atoms with van der Waals surface area (Å²) in [5.74, 6) is -1.23. The maximum Gasteiger partial charge on any atom is 0.346 e. The molecule has 0 aromatic heterocycles. The second-order valence-electron chi connectivity index (χ2n) is 7.82. The van der Waals surface area contributed by atoms with E-state index in [0.717, 1.165) is 11.1 Å². The molecule has 0 saturated carbocycles. The van der Waals surface area contributed by atoms with Gasteiger partial charge in [0.15, 0.2) is 0 Å². The van der Waals surface area contributed by atoms with Crippen LogP contribution in [0.2, 0.25) is 0 Å². The van der Waals surface area contributed by atoms with Gasteiger partial charge in [0.2, 0.25) is 11.4 Å². The molecule has 0 N–H and O–H groups in total. The van der Waals surface area contributed by atoms with Gasteiger partial charge in [-0.3, -0.25) is 0 Å². The van der Waals surface area contributed by atoms with Gasteiger partial charge in [0, 0.05) is 11.5 Å². The Labute approximate surface area is 186 Å². The summed E-state index contributed by atoms with van der Waals surface area (Å²) >= 11 is 0. The summed E-state index contributed by atoms with van der Waals surface area (Å²) in [5.41, 5.74) is 1.26. The Morgan fingerprint density at radius 3 is 2.25 bits per heavy atom. The molecule has 0 radical (unpaired) electrons. The summed E-state index contributed by atoms with van der Waals surface area (Å²) < 4.78 is 11.2. The summed E-state index contributed by atoms with van der Waals surface area (Å²) in [6, 6.07) is 28.3. The Balaban J connectivity index is 1.52.